The van der Waals surface area contributed by atoms with Gasteiger partial charge in [-0.3, -0.25) is 0 Å². The normalized spacial score (nSPS) is 12.2. The van der Waals surface area contributed by atoms with Gasteiger partial charge in [0.1, 0.15) is 6.33 Å². The van der Waals surface area contributed by atoms with Crippen LogP contribution in [-0.4, -0.2) is 32.9 Å². The molecule has 6 heteroatoms. The maximum absolute atomic E-state index is 11.6. The first-order valence-corrected chi connectivity index (χ1v) is 6.40. The summed E-state index contributed by atoms with van der Waals surface area (Å²) in [5.41, 5.74) is 0.868. The predicted octanol–water partition coefficient (Wildman–Crippen LogP) is 1.99. The fourth-order valence-electron chi connectivity index (χ4n) is 1.54. The highest BCUT2D eigenvalue weighted by Crippen LogP contribution is 2.10. The van der Waals surface area contributed by atoms with E-state index in [1.54, 1.807) is 25.5 Å². The Hall–Kier alpha value is -2.37. The van der Waals surface area contributed by atoms with Gasteiger partial charge < -0.3 is 9.47 Å². The van der Waals surface area contributed by atoms with Crippen LogP contribution in [0, 0.1) is 0 Å². The van der Waals surface area contributed by atoms with Gasteiger partial charge in [-0.25, -0.2) is 9.48 Å². The molecule has 0 fully saturated rings. The van der Waals surface area contributed by atoms with E-state index in [1.807, 2.05) is 30.3 Å². The van der Waals surface area contributed by atoms with Gasteiger partial charge in [0.05, 0.1) is 11.8 Å². The van der Waals surface area contributed by atoms with E-state index in [9.17, 15) is 4.79 Å². The molecule has 0 radical (unpaired) electrons. The smallest absolute Gasteiger partial charge is 0.347 e. The van der Waals surface area contributed by atoms with Crippen LogP contribution in [-0.2, 0) is 9.53 Å². The second kappa shape index (κ2) is 6.18. The average molecular weight is 275 g/mol. The van der Waals surface area contributed by atoms with Crippen molar-refractivity contribution < 1.29 is 14.3 Å². The minimum atomic E-state index is -0.746. The van der Waals surface area contributed by atoms with Gasteiger partial charge in [0.15, 0.2) is 6.10 Å². The number of para-hydroxylation sites is 1. The lowest BCUT2D eigenvalue weighted by atomic mass is 10.3. The van der Waals surface area contributed by atoms with E-state index in [1.165, 1.54) is 6.33 Å². The number of carbonyl (C=O) groups excluding carboxylic acids is 1. The molecule has 0 N–H and O–H groups in total. The van der Waals surface area contributed by atoms with Crippen LogP contribution in [0.1, 0.15) is 20.8 Å². The van der Waals surface area contributed by atoms with Crippen molar-refractivity contribution >= 4 is 5.97 Å². The van der Waals surface area contributed by atoms with Crippen LogP contribution in [0.4, 0.5) is 0 Å². The van der Waals surface area contributed by atoms with Crippen molar-refractivity contribution in [2.45, 2.75) is 33.0 Å². The highest BCUT2D eigenvalue weighted by Gasteiger charge is 2.19. The second-order valence-electron chi connectivity index (χ2n) is 4.55. The van der Waals surface area contributed by atoms with Crippen molar-refractivity contribution in [3.05, 3.63) is 36.7 Å². The first-order valence-electron chi connectivity index (χ1n) is 6.40. The minimum Gasteiger partial charge on any atom is -0.460 e. The van der Waals surface area contributed by atoms with Gasteiger partial charge in [0.2, 0.25) is 0 Å². The Balaban J connectivity index is 2.01. The lowest BCUT2D eigenvalue weighted by Crippen LogP contribution is -2.28. The number of benzene rings is 1. The SMILES string of the molecule is CC(C)OC(=O)C(C)Oc1ncn(-c2ccccc2)n1. The quantitative estimate of drug-likeness (QED) is 0.781. The van der Waals surface area contributed by atoms with E-state index < -0.39 is 12.1 Å². The Bertz CT molecular complexity index is 566. The van der Waals surface area contributed by atoms with Gasteiger partial charge in [-0.15, -0.1) is 5.10 Å². The van der Waals surface area contributed by atoms with Crippen LogP contribution >= 0.6 is 0 Å². The summed E-state index contributed by atoms with van der Waals surface area (Å²) in [6.07, 6.45) is 0.609. The standard InChI is InChI=1S/C14H17N3O3/c1-10(2)19-13(18)11(3)20-14-15-9-17(16-14)12-7-5-4-6-8-12/h4-11H,1-3H3. The molecule has 2 aromatic rings. The third-order valence-electron chi connectivity index (χ3n) is 2.46. The molecule has 106 valence electrons. The molecule has 0 amide bonds. The average Bonchev–Trinajstić information content (AvgIpc) is 2.87. The maximum Gasteiger partial charge on any atom is 0.347 e. The topological polar surface area (TPSA) is 66.2 Å². The van der Waals surface area contributed by atoms with Crippen LogP contribution in [0.2, 0.25) is 0 Å². The number of carbonyl (C=O) groups is 1. The summed E-state index contributed by atoms with van der Waals surface area (Å²) in [4.78, 5) is 15.6. The number of esters is 1. The van der Waals surface area contributed by atoms with Crippen molar-refractivity contribution in [1.82, 2.24) is 14.8 Å². The molecule has 2 rings (SSSR count). The van der Waals surface area contributed by atoms with E-state index in [0.717, 1.165) is 5.69 Å². The molecular weight excluding hydrogens is 258 g/mol. The van der Waals surface area contributed by atoms with Crippen LogP contribution in [0.3, 0.4) is 0 Å². The Labute approximate surface area is 117 Å². The summed E-state index contributed by atoms with van der Waals surface area (Å²) in [6.45, 7) is 5.17. The van der Waals surface area contributed by atoms with Crippen molar-refractivity contribution in [3.8, 4) is 11.7 Å². The van der Waals surface area contributed by atoms with Gasteiger partial charge in [0, 0.05) is 0 Å². The summed E-state index contributed by atoms with van der Waals surface area (Å²) in [5, 5.41) is 4.16. The van der Waals surface area contributed by atoms with Crippen LogP contribution in [0.15, 0.2) is 36.7 Å². The molecule has 0 aliphatic carbocycles. The Morgan fingerprint density at radius 1 is 1.20 bits per heavy atom. The summed E-state index contributed by atoms with van der Waals surface area (Å²) >= 11 is 0. The molecular formula is C14H17N3O3. The number of hydrogen-bond acceptors (Lipinski definition) is 5. The number of hydrogen-bond donors (Lipinski definition) is 0. The maximum atomic E-state index is 11.6. The molecule has 0 bridgehead atoms. The zero-order valence-electron chi connectivity index (χ0n) is 11.7. The van der Waals surface area contributed by atoms with Crippen LogP contribution < -0.4 is 4.74 Å². The number of aromatic nitrogens is 3. The van der Waals surface area contributed by atoms with Crippen LogP contribution in [0.5, 0.6) is 6.01 Å². The van der Waals surface area contributed by atoms with Crippen LogP contribution in [0.25, 0.3) is 5.69 Å². The fraction of sp³-hybridized carbons (Fsp3) is 0.357. The third-order valence-corrected chi connectivity index (χ3v) is 2.46. The zero-order valence-corrected chi connectivity index (χ0v) is 11.7. The number of rotatable bonds is 5. The first-order chi connectivity index (χ1) is 9.56. The monoisotopic (exact) mass is 275 g/mol. The van der Waals surface area contributed by atoms with Crippen molar-refractivity contribution in [2.24, 2.45) is 0 Å². The minimum absolute atomic E-state index is 0.141. The molecule has 6 nitrogen and oxygen atoms in total. The molecule has 0 spiro atoms. The predicted molar refractivity (Wildman–Crippen MR) is 72.7 cm³/mol. The number of ether oxygens (including phenoxy) is 2. The highest BCUT2D eigenvalue weighted by molar-refractivity contribution is 5.74. The Morgan fingerprint density at radius 3 is 2.55 bits per heavy atom. The van der Waals surface area contributed by atoms with E-state index >= 15 is 0 Å². The first kappa shape index (κ1) is 14.0. The van der Waals surface area contributed by atoms with Gasteiger partial charge in [-0.2, -0.15) is 4.98 Å². The second-order valence-corrected chi connectivity index (χ2v) is 4.55. The van der Waals surface area contributed by atoms with Crippen molar-refractivity contribution in [2.75, 3.05) is 0 Å². The molecule has 1 aromatic carbocycles. The van der Waals surface area contributed by atoms with Crippen molar-refractivity contribution in [3.63, 3.8) is 0 Å². The van der Waals surface area contributed by atoms with E-state index in [4.69, 9.17) is 9.47 Å². The molecule has 1 atom stereocenters. The molecule has 0 aliphatic heterocycles. The lowest BCUT2D eigenvalue weighted by molar-refractivity contribution is -0.155. The van der Waals surface area contributed by atoms with Gasteiger partial charge in [-0.1, -0.05) is 18.2 Å². The largest absolute Gasteiger partial charge is 0.460 e. The van der Waals surface area contributed by atoms with Crippen molar-refractivity contribution in [1.29, 1.82) is 0 Å². The summed E-state index contributed by atoms with van der Waals surface area (Å²) in [5.74, 6) is -0.434. The fourth-order valence-corrected chi connectivity index (χ4v) is 1.54. The third kappa shape index (κ3) is 3.57. The van der Waals surface area contributed by atoms with E-state index in [-0.39, 0.29) is 12.1 Å². The Kier molecular flexibility index (Phi) is 4.34. The summed E-state index contributed by atoms with van der Waals surface area (Å²) < 4.78 is 12.0. The lowest BCUT2D eigenvalue weighted by Gasteiger charge is -2.13. The molecule has 1 aromatic heterocycles. The Morgan fingerprint density at radius 2 is 1.90 bits per heavy atom. The summed E-state index contributed by atoms with van der Waals surface area (Å²) in [6, 6.07) is 9.66. The van der Waals surface area contributed by atoms with Gasteiger partial charge >= 0.3 is 12.0 Å². The van der Waals surface area contributed by atoms with Gasteiger partial charge in [-0.05, 0) is 32.9 Å². The van der Waals surface area contributed by atoms with Gasteiger partial charge in [0.25, 0.3) is 0 Å². The van der Waals surface area contributed by atoms with E-state index in [0.29, 0.717) is 0 Å². The number of nitrogens with zero attached hydrogens (tertiary/aromatic N) is 3. The molecule has 20 heavy (non-hydrogen) atoms. The molecule has 0 saturated heterocycles. The zero-order chi connectivity index (χ0) is 14.5. The summed E-state index contributed by atoms with van der Waals surface area (Å²) in [7, 11) is 0. The van der Waals surface area contributed by atoms with E-state index in [2.05, 4.69) is 10.1 Å². The highest BCUT2D eigenvalue weighted by atomic mass is 16.6. The molecule has 1 heterocycles. The molecule has 0 aliphatic rings. The molecule has 1 unspecified atom stereocenters. The molecule has 0 saturated carbocycles.